The summed E-state index contributed by atoms with van der Waals surface area (Å²) in [5, 5.41) is 15.5. The predicted molar refractivity (Wildman–Crippen MR) is 133 cm³/mol. The standard InChI is InChI=1S/C24H28ClN7O2/c1-2-15-33-20-9-7-19(8-10-20)26-23-24(28-22-21(27-23)29-34-30-22)32-13-11-31(12-14-32)16-17-3-5-18(25)6-4-17/h3-10,24H,2,11-16H2,1H3,(H,28,30)(H,26,27,29). The molecule has 0 bridgehead atoms. The lowest BCUT2D eigenvalue weighted by Crippen LogP contribution is -2.57. The van der Waals surface area contributed by atoms with Crippen LogP contribution in [0.25, 0.3) is 0 Å². The second kappa shape index (κ2) is 10.4. The van der Waals surface area contributed by atoms with E-state index in [1.807, 2.05) is 36.4 Å². The average molecular weight is 482 g/mol. The molecule has 10 heteroatoms. The van der Waals surface area contributed by atoms with Crippen molar-refractivity contribution >= 4 is 34.8 Å². The van der Waals surface area contributed by atoms with E-state index < -0.39 is 0 Å². The Balaban J connectivity index is 1.25. The maximum atomic E-state index is 6.02. The third-order valence-corrected chi connectivity index (χ3v) is 6.17. The van der Waals surface area contributed by atoms with Crippen molar-refractivity contribution in [1.29, 1.82) is 0 Å². The molecule has 1 saturated heterocycles. The zero-order chi connectivity index (χ0) is 23.3. The Bertz CT molecular complexity index is 1110. The first-order chi connectivity index (χ1) is 16.7. The number of aromatic nitrogens is 2. The molecule has 0 spiro atoms. The number of nitrogens with one attached hydrogen (secondary N) is 2. The Morgan fingerprint density at radius 2 is 1.82 bits per heavy atom. The molecule has 5 rings (SSSR count). The van der Waals surface area contributed by atoms with Crippen LogP contribution in [0.4, 0.5) is 17.3 Å². The van der Waals surface area contributed by atoms with Crippen molar-refractivity contribution in [2.24, 2.45) is 4.99 Å². The van der Waals surface area contributed by atoms with E-state index in [-0.39, 0.29) is 6.17 Å². The molecule has 2 aliphatic rings. The number of hydrogen-bond acceptors (Lipinski definition) is 9. The van der Waals surface area contributed by atoms with Gasteiger partial charge in [0.15, 0.2) is 0 Å². The number of halogens is 1. The van der Waals surface area contributed by atoms with Gasteiger partial charge < -0.3 is 15.4 Å². The first kappa shape index (κ1) is 22.6. The van der Waals surface area contributed by atoms with E-state index in [4.69, 9.17) is 26.0 Å². The second-order valence-corrected chi connectivity index (χ2v) is 8.85. The SMILES string of the molecule is CCCOc1ccc(NC2=Nc3nonc3NC2N2CCN(Cc3ccc(Cl)cc3)CC2)cc1. The molecule has 2 N–H and O–H groups in total. The molecule has 3 aromatic rings. The Kier molecular flexibility index (Phi) is 6.94. The molecule has 0 saturated carbocycles. The van der Waals surface area contributed by atoms with Crippen molar-refractivity contribution < 1.29 is 9.37 Å². The molecule has 3 heterocycles. The van der Waals surface area contributed by atoms with Crippen molar-refractivity contribution in [3.05, 3.63) is 59.1 Å². The first-order valence-electron chi connectivity index (χ1n) is 11.6. The van der Waals surface area contributed by atoms with Gasteiger partial charge in [0, 0.05) is 43.4 Å². The highest BCUT2D eigenvalue weighted by Crippen LogP contribution is 2.28. The van der Waals surface area contributed by atoms with Gasteiger partial charge in [0.2, 0.25) is 11.6 Å². The lowest BCUT2D eigenvalue weighted by Gasteiger charge is -2.40. The normalized spacial score (nSPS) is 18.6. The summed E-state index contributed by atoms with van der Waals surface area (Å²) < 4.78 is 10.6. The monoisotopic (exact) mass is 481 g/mol. The molecular formula is C24H28ClN7O2. The molecule has 0 aliphatic carbocycles. The van der Waals surface area contributed by atoms with Crippen LogP contribution in [0.1, 0.15) is 18.9 Å². The van der Waals surface area contributed by atoms with Crippen molar-refractivity contribution in [1.82, 2.24) is 20.1 Å². The number of piperazine rings is 1. The molecule has 1 fully saturated rings. The summed E-state index contributed by atoms with van der Waals surface area (Å²) in [6.07, 6.45) is 0.818. The molecule has 1 aromatic heterocycles. The van der Waals surface area contributed by atoms with Crippen LogP contribution in [-0.4, -0.2) is 64.9 Å². The average Bonchev–Trinajstić information content (AvgIpc) is 3.32. The molecule has 2 aliphatic heterocycles. The van der Waals surface area contributed by atoms with Gasteiger partial charge in [-0.2, -0.15) is 0 Å². The highest BCUT2D eigenvalue weighted by molar-refractivity contribution is 6.30. The number of amidine groups is 1. The summed E-state index contributed by atoms with van der Waals surface area (Å²) in [5.41, 5.74) is 2.19. The predicted octanol–water partition coefficient (Wildman–Crippen LogP) is 4.22. The zero-order valence-corrected chi connectivity index (χ0v) is 19.8. The molecule has 178 valence electrons. The topological polar surface area (TPSA) is 91.0 Å². The molecule has 9 nitrogen and oxygen atoms in total. The fraction of sp³-hybridized carbons (Fsp3) is 0.375. The second-order valence-electron chi connectivity index (χ2n) is 8.42. The summed E-state index contributed by atoms with van der Waals surface area (Å²) in [6, 6.07) is 16.0. The summed E-state index contributed by atoms with van der Waals surface area (Å²) >= 11 is 6.02. The van der Waals surface area contributed by atoms with Gasteiger partial charge in [0.1, 0.15) is 17.8 Å². The number of nitrogens with zero attached hydrogens (tertiary/aromatic N) is 5. The third-order valence-electron chi connectivity index (χ3n) is 5.92. The van der Waals surface area contributed by atoms with Gasteiger partial charge in [-0.25, -0.2) is 9.62 Å². The summed E-state index contributed by atoms with van der Waals surface area (Å²) in [4.78, 5) is 9.51. The molecule has 1 atom stereocenters. The van der Waals surface area contributed by atoms with E-state index in [1.54, 1.807) is 0 Å². The molecular weight excluding hydrogens is 454 g/mol. The van der Waals surface area contributed by atoms with Crippen LogP contribution in [0.3, 0.4) is 0 Å². The lowest BCUT2D eigenvalue weighted by molar-refractivity contribution is 0.119. The first-order valence-corrected chi connectivity index (χ1v) is 11.9. The number of hydrogen-bond donors (Lipinski definition) is 2. The highest BCUT2D eigenvalue weighted by Gasteiger charge is 2.33. The van der Waals surface area contributed by atoms with Gasteiger partial charge in [0.05, 0.1) is 6.61 Å². The van der Waals surface area contributed by atoms with E-state index in [9.17, 15) is 0 Å². The molecule has 1 unspecified atom stereocenters. The van der Waals surface area contributed by atoms with Gasteiger partial charge in [-0.05, 0) is 58.7 Å². The van der Waals surface area contributed by atoms with Crippen LogP contribution < -0.4 is 15.4 Å². The smallest absolute Gasteiger partial charge is 0.242 e. The summed E-state index contributed by atoms with van der Waals surface area (Å²) in [5.74, 6) is 2.62. The minimum atomic E-state index is -0.159. The number of benzene rings is 2. The van der Waals surface area contributed by atoms with Crippen LogP contribution in [0, 0.1) is 0 Å². The fourth-order valence-electron chi connectivity index (χ4n) is 4.11. The Morgan fingerprint density at radius 1 is 1.06 bits per heavy atom. The Labute approximate surface area is 203 Å². The van der Waals surface area contributed by atoms with E-state index >= 15 is 0 Å². The fourth-order valence-corrected chi connectivity index (χ4v) is 4.24. The number of anilines is 2. The van der Waals surface area contributed by atoms with Gasteiger partial charge >= 0.3 is 0 Å². The minimum Gasteiger partial charge on any atom is -0.494 e. The maximum Gasteiger partial charge on any atom is 0.242 e. The summed E-state index contributed by atoms with van der Waals surface area (Å²) in [6.45, 7) is 7.37. The summed E-state index contributed by atoms with van der Waals surface area (Å²) in [7, 11) is 0. The van der Waals surface area contributed by atoms with Crippen molar-refractivity contribution in [3.8, 4) is 5.75 Å². The van der Waals surface area contributed by atoms with E-state index in [1.165, 1.54) is 5.56 Å². The van der Waals surface area contributed by atoms with Crippen molar-refractivity contribution in [2.75, 3.05) is 43.4 Å². The van der Waals surface area contributed by atoms with E-state index in [0.717, 1.165) is 61.4 Å². The van der Waals surface area contributed by atoms with Gasteiger partial charge in [-0.3, -0.25) is 9.80 Å². The van der Waals surface area contributed by atoms with Gasteiger partial charge in [0.25, 0.3) is 0 Å². The minimum absolute atomic E-state index is 0.159. The number of fused-ring (bicyclic) bond motifs is 1. The van der Waals surface area contributed by atoms with Crippen LogP contribution in [0.2, 0.25) is 5.02 Å². The quantitative estimate of drug-likeness (QED) is 0.518. The molecule has 0 amide bonds. The Hall–Kier alpha value is -3.14. The molecule has 0 radical (unpaired) electrons. The number of aliphatic imine (C=N–C) groups is 1. The molecule has 34 heavy (non-hydrogen) atoms. The zero-order valence-electron chi connectivity index (χ0n) is 19.1. The van der Waals surface area contributed by atoms with Gasteiger partial charge in [-0.15, -0.1) is 0 Å². The highest BCUT2D eigenvalue weighted by atomic mass is 35.5. The van der Waals surface area contributed by atoms with Gasteiger partial charge in [-0.1, -0.05) is 30.7 Å². The van der Waals surface area contributed by atoms with E-state index in [2.05, 4.69) is 49.8 Å². The maximum absolute atomic E-state index is 6.02. The van der Waals surface area contributed by atoms with Crippen molar-refractivity contribution in [3.63, 3.8) is 0 Å². The molecule has 2 aromatic carbocycles. The number of ether oxygens (including phenoxy) is 1. The number of rotatable bonds is 7. The third kappa shape index (κ3) is 5.32. The Morgan fingerprint density at radius 3 is 2.56 bits per heavy atom. The van der Waals surface area contributed by atoms with Crippen LogP contribution in [0.5, 0.6) is 5.75 Å². The van der Waals surface area contributed by atoms with Crippen LogP contribution in [-0.2, 0) is 6.54 Å². The van der Waals surface area contributed by atoms with Crippen molar-refractivity contribution in [2.45, 2.75) is 26.1 Å². The largest absolute Gasteiger partial charge is 0.494 e. The van der Waals surface area contributed by atoms with E-state index in [0.29, 0.717) is 18.2 Å². The van der Waals surface area contributed by atoms with Crippen LogP contribution >= 0.6 is 11.6 Å². The van der Waals surface area contributed by atoms with Crippen LogP contribution in [0.15, 0.2) is 58.2 Å². The lowest BCUT2D eigenvalue weighted by atomic mass is 10.2.